The van der Waals surface area contributed by atoms with Gasteiger partial charge in [0.05, 0.1) is 5.56 Å². The lowest BCUT2D eigenvalue weighted by Gasteiger charge is -2.40. The van der Waals surface area contributed by atoms with Crippen molar-refractivity contribution in [2.45, 2.75) is 58.7 Å². The number of hydrogen-bond acceptors (Lipinski definition) is 5. The maximum atomic E-state index is 13.1. The molecule has 0 saturated carbocycles. The first-order chi connectivity index (χ1) is 15.6. The molecule has 182 valence electrons. The van der Waals surface area contributed by atoms with Gasteiger partial charge in [-0.2, -0.15) is 13.2 Å². The Morgan fingerprint density at radius 2 is 1.71 bits per heavy atom. The first-order valence-corrected chi connectivity index (χ1v) is 10.8. The molecule has 9 heteroatoms. The molecule has 2 aromatic carbocycles. The summed E-state index contributed by atoms with van der Waals surface area (Å²) in [7, 11) is 0. The second kappa shape index (κ2) is 8.77. The topological polar surface area (TPSA) is 77.2 Å². The normalized spacial score (nSPS) is 15.1. The summed E-state index contributed by atoms with van der Waals surface area (Å²) in [5, 5.41) is 19.0. The predicted octanol–water partition coefficient (Wildman–Crippen LogP) is 5.96. The van der Waals surface area contributed by atoms with E-state index in [1.54, 1.807) is 19.1 Å². The summed E-state index contributed by atoms with van der Waals surface area (Å²) in [6.45, 7) is 13.4. The van der Waals surface area contributed by atoms with Crippen molar-refractivity contribution in [3.63, 3.8) is 0 Å². The van der Waals surface area contributed by atoms with Crippen LogP contribution in [0, 0.1) is 5.41 Å². The number of alkyl halides is 3. The third-order valence-corrected chi connectivity index (χ3v) is 5.81. The minimum absolute atomic E-state index is 0.0466. The van der Waals surface area contributed by atoms with Gasteiger partial charge in [-0.25, -0.2) is 4.79 Å². The predicted molar refractivity (Wildman–Crippen MR) is 123 cm³/mol. The number of rotatable bonds is 6. The highest BCUT2D eigenvalue weighted by atomic mass is 19.4. The molecule has 0 fully saturated rings. The summed E-state index contributed by atoms with van der Waals surface area (Å²) in [4.78, 5) is 13.0. The van der Waals surface area contributed by atoms with Crippen LogP contribution in [0.1, 0.15) is 52.2 Å². The van der Waals surface area contributed by atoms with Crippen LogP contribution < -0.4 is 0 Å². The Balaban J connectivity index is 2.11. The fourth-order valence-electron chi connectivity index (χ4n) is 4.17. The molecule has 0 saturated heterocycles. The average Bonchev–Trinajstić information content (AvgIpc) is 3.15. The van der Waals surface area contributed by atoms with E-state index in [4.69, 9.17) is 4.74 Å². The van der Waals surface area contributed by atoms with Gasteiger partial charge in [-0.1, -0.05) is 40.3 Å². The van der Waals surface area contributed by atoms with E-state index in [0.717, 1.165) is 28.6 Å². The summed E-state index contributed by atoms with van der Waals surface area (Å²) in [6.07, 6.45) is -3.33. The number of phenols is 1. The minimum Gasteiger partial charge on any atom is -0.506 e. The number of carbonyl (C=O) groups excluding carboxylic acids is 1. The number of phenolic OH excluding ortho intramolecular Hbond substituents is 1. The van der Waals surface area contributed by atoms with Gasteiger partial charge < -0.3 is 9.84 Å². The number of carbonyl (C=O) groups is 1. The van der Waals surface area contributed by atoms with Gasteiger partial charge in [-0.05, 0) is 54.7 Å². The van der Waals surface area contributed by atoms with Crippen LogP contribution in [-0.2, 0) is 21.1 Å². The van der Waals surface area contributed by atoms with Crippen molar-refractivity contribution in [3.8, 4) is 11.4 Å². The van der Waals surface area contributed by atoms with Crippen LogP contribution in [0.5, 0.6) is 5.75 Å². The number of hydrogen-bond donors (Lipinski definition) is 1. The van der Waals surface area contributed by atoms with Gasteiger partial charge in [0.2, 0.25) is 0 Å². The van der Waals surface area contributed by atoms with Crippen LogP contribution >= 0.6 is 0 Å². The zero-order chi connectivity index (χ0) is 25.5. The van der Waals surface area contributed by atoms with Gasteiger partial charge in [0.1, 0.15) is 28.6 Å². The molecule has 0 aliphatic carbocycles. The van der Waals surface area contributed by atoms with E-state index in [1.165, 1.54) is 12.1 Å². The molecule has 3 rings (SSSR count). The summed E-state index contributed by atoms with van der Waals surface area (Å²) in [5.41, 5.74) is -0.403. The van der Waals surface area contributed by atoms with Gasteiger partial charge in [0.15, 0.2) is 0 Å². The summed E-state index contributed by atoms with van der Waals surface area (Å²) < 4.78 is 44.8. The van der Waals surface area contributed by atoms with Gasteiger partial charge in [-0.3, -0.25) is 0 Å². The zero-order valence-corrected chi connectivity index (χ0v) is 19.8. The maximum absolute atomic E-state index is 13.1. The second-order valence-corrected chi connectivity index (χ2v) is 9.83. The molecule has 0 spiro atoms. The van der Waals surface area contributed by atoms with Crippen LogP contribution in [0.3, 0.4) is 0 Å². The number of ether oxygens (including phenoxy) is 1. The van der Waals surface area contributed by atoms with Crippen molar-refractivity contribution in [1.29, 1.82) is 0 Å². The number of halogens is 3. The van der Waals surface area contributed by atoms with E-state index < -0.39 is 29.2 Å². The van der Waals surface area contributed by atoms with E-state index in [1.807, 2.05) is 6.92 Å². The molecule has 1 aromatic heterocycles. The molecule has 0 aliphatic rings. The Bertz CT molecular complexity index is 1230. The number of fused-ring (bicyclic) bond motifs is 1. The molecule has 0 amide bonds. The monoisotopic (exact) mass is 475 g/mol. The second-order valence-electron chi connectivity index (χ2n) is 9.83. The van der Waals surface area contributed by atoms with Crippen molar-refractivity contribution >= 4 is 17.0 Å². The Labute approximate surface area is 196 Å². The Kier molecular flexibility index (Phi) is 6.52. The highest BCUT2D eigenvalue weighted by Crippen LogP contribution is 2.42. The SMILES string of the molecule is C=CC(=O)OC(C)C(C)(CC(C)(C)C)c1ccc(O)c(-n2nc3ccc(C(F)(F)F)cc3n2)c1. The molecule has 2 atom stereocenters. The van der Waals surface area contributed by atoms with Gasteiger partial charge >= 0.3 is 12.1 Å². The third kappa shape index (κ3) is 5.24. The van der Waals surface area contributed by atoms with Crippen LogP contribution in [-0.4, -0.2) is 32.2 Å². The van der Waals surface area contributed by atoms with Crippen LogP contribution in [0.2, 0.25) is 0 Å². The average molecular weight is 476 g/mol. The van der Waals surface area contributed by atoms with Crippen LogP contribution in [0.4, 0.5) is 13.2 Å². The van der Waals surface area contributed by atoms with Gasteiger partial charge in [0.25, 0.3) is 0 Å². The number of benzene rings is 2. The fourth-order valence-corrected chi connectivity index (χ4v) is 4.17. The van der Waals surface area contributed by atoms with Crippen molar-refractivity contribution in [2.75, 3.05) is 0 Å². The molecule has 6 nitrogen and oxygen atoms in total. The number of nitrogens with zero attached hydrogens (tertiary/aromatic N) is 3. The van der Waals surface area contributed by atoms with E-state index in [-0.39, 0.29) is 27.9 Å². The van der Waals surface area contributed by atoms with E-state index in [0.29, 0.717) is 6.42 Å². The van der Waals surface area contributed by atoms with Crippen molar-refractivity contribution < 1.29 is 27.8 Å². The van der Waals surface area contributed by atoms with Crippen molar-refractivity contribution in [2.24, 2.45) is 5.41 Å². The maximum Gasteiger partial charge on any atom is 0.416 e. The number of aromatic hydroxyl groups is 1. The van der Waals surface area contributed by atoms with E-state index in [9.17, 15) is 23.1 Å². The third-order valence-electron chi connectivity index (χ3n) is 5.81. The van der Waals surface area contributed by atoms with Crippen molar-refractivity contribution in [3.05, 3.63) is 60.2 Å². The molecule has 2 unspecified atom stereocenters. The smallest absolute Gasteiger partial charge is 0.416 e. The Hall–Kier alpha value is -3.36. The number of aromatic nitrogens is 3. The summed E-state index contributed by atoms with van der Waals surface area (Å²) in [6, 6.07) is 7.97. The molecule has 0 radical (unpaired) electrons. The molecular weight excluding hydrogens is 447 g/mol. The molecule has 0 aliphatic heterocycles. The van der Waals surface area contributed by atoms with E-state index >= 15 is 0 Å². The highest BCUT2D eigenvalue weighted by molar-refractivity contribution is 5.81. The quantitative estimate of drug-likeness (QED) is 0.352. The van der Waals surface area contributed by atoms with Gasteiger partial charge in [-0.15, -0.1) is 15.0 Å². The van der Waals surface area contributed by atoms with Crippen LogP contribution in [0.25, 0.3) is 16.7 Å². The zero-order valence-electron chi connectivity index (χ0n) is 19.8. The molecule has 34 heavy (non-hydrogen) atoms. The fraction of sp³-hybridized carbons (Fsp3) is 0.400. The number of esters is 1. The van der Waals surface area contributed by atoms with Gasteiger partial charge in [0, 0.05) is 11.5 Å². The Morgan fingerprint density at radius 1 is 1.09 bits per heavy atom. The molecule has 3 aromatic rings. The lowest BCUT2D eigenvalue weighted by atomic mass is 9.68. The molecule has 1 heterocycles. The minimum atomic E-state index is -4.51. The standard InChI is InChI=1S/C25H28F3N3O3/c1-7-22(33)34-15(2)24(6,14-23(3,4)5)16-9-11-21(32)20(13-16)31-29-18-10-8-17(25(26,27)28)12-19(18)30-31/h7-13,15,32H,1,14H2,2-6H3. The lowest BCUT2D eigenvalue weighted by molar-refractivity contribution is -0.146. The summed E-state index contributed by atoms with van der Waals surface area (Å²) in [5.74, 6) is -0.693. The summed E-state index contributed by atoms with van der Waals surface area (Å²) >= 11 is 0. The first kappa shape index (κ1) is 25.3. The molecular formula is C25H28F3N3O3. The largest absolute Gasteiger partial charge is 0.506 e. The lowest BCUT2D eigenvalue weighted by Crippen LogP contribution is -2.41. The molecule has 0 bridgehead atoms. The van der Waals surface area contributed by atoms with Crippen molar-refractivity contribution in [1.82, 2.24) is 15.0 Å². The van der Waals surface area contributed by atoms with Crippen LogP contribution in [0.15, 0.2) is 49.1 Å². The highest BCUT2D eigenvalue weighted by Gasteiger charge is 2.39. The Morgan fingerprint density at radius 3 is 2.29 bits per heavy atom. The molecule has 1 N–H and O–H groups in total. The first-order valence-electron chi connectivity index (χ1n) is 10.8. The van der Waals surface area contributed by atoms with E-state index in [2.05, 4.69) is 37.5 Å².